The molecule has 0 aliphatic carbocycles. The molecule has 0 spiro atoms. The summed E-state index contributed by atoms with van der Waals surface area (Å²) in [5.74, 6) is 0.598. The lowest BCUT2D eigenvalue weighted by Crippen LogP contribution is -2.25. The summed E-state index contributed by atoms with van der Waals surface area (Å²) < 4.78 is 10.5. The minimum absolute atomic E-state index is 0.185. The SMILES string of the molecule is CCCNC(CCOCCOC)c1cc(C)cnc1N. The Kier molecular flexibility index (Phi) is 8.18. The Morgan fingerprint density at radius 1 is 1.35 bits per heavy atom. The number of aryl methyl sites for hydroxylation is 1. The molecule has 3 N–H and O–H groups in total. The second-order valence-electron chi connectivity index (χ2n) is 4.89. The van der Waals surface area contributed by atoms with Gasteiger partial charge < -0.3 is 20.5 Å². The number of anilines is 1. The summed E-state index contributed by atoms with van der Waals surface area (Å²) in [6, 6.07) is 2.29. The second kappa shape index (κ2) is 9.69. The van der Waals surface area contributed by atoms with E-state index in [4.69, 9.17) is 15.2 Å². The minimum atomic E-state index is 0.185. The predicted octanol–water partition coefficient (Wildman–Crippen LogP) is 2.07. The van der Waals surface area contributed by atoms with Crippen molar-refractivity contribution in [2.75, 3.05) is 39.2 Å². The number of nitrogen functional groups attached to an aromatic ring is 1. The van der Waals surface area contributed by atoms with Crippen LogP contribution < -0.4 is 11.1 Å². The average molecular weight is 281 g/mol. The maximum atomic E-state index is 6.00. The van der Waals surface area contributed by atoms with Crippen molar-refractivity contribution in [2.45, 2.75) is 32.7 Å². The fraction of sp³-hybridized carbons (Fsp3) is 0.667. The van der Waals surface area contributed by atoms with Crippen LogP contribution in [0, 0.1) is 6.92 Å². The maximum Gasteiger partial charge on any atom is 0.128 e. The highest BCUT2D eigenvalue weighted by molar-refractivity contribution is 5.42. The van der Waals surface area contributed by atoms with Crippen LogP contribution in [0.2, 0.25) is 0 Å². The van der Waals surface area contributed by atoms with E-state index < -0.39 is 0 Å². The first-order valence-corrected chi connectivity index (χ1v) is 7.21. The van der Waals surface area contributed by atoms with Gasteiger partial charge in [-0.3, -0.25) is 0 Å². The Labute approximate surface area is 121 Å². The molecule has 1 atom stereocenters. The predicted molar refractivity (Wildman–Crippen MR) is 81.7 cm³/mol. The van der Waals surface area contributed by atoms with Gasteiger partial charge in [0, 0.05) is 31.5 Å². The average Bonchev–Trinajstić information content (AvgIpc) is 2.45. The Bertz CT molecular complexity index is 385. The molecule has 20 heavy (non-hydrogen) atoms. The molecule has 0 fully saturated rings. The van der Waals surface area contributed by atoms with E-state index >= 15 is 0 Å². The first-order valence-electron chi connectivity index (χ1n) is 7.21. The number of nitrogens with two attached hydrogens (primary N) is 1. The van der Waals surface area contributed by atoms with E-state index in [1.165, 1.54) is 0 Å². The topological polar surface area (TPSA) is 69.4 Å². The molecule has 0 bridgehead atoms. The molecular weight excluding hydrogens is 254 g/mol. The summed E-state index contributed by atoms with van der Waals surface area (Å²) in [5.41, 5.74) is 8.19. The first-order chi connectivity index (χ1) is 9.69. The Morgan fingerprint density at radius 2 is 2.15 bits per heavy atom. The van der Waals surface area contributed by atoms with Crippen molar-refractivity contribution in [3.8, 4) is 0 Å². The highest BCUT2D eigenvalue weighted by Crippen LogP contribution is 2.22. The summed E-state index contributed by atoms with van der Waals surface area (Å²) in [6.45, 7) is 7.06. The molecule has 0 saturated heterocycles. The number of hydrogen-bond acceptors (Lipinski definition) is 5. The normalized spacial score (nSPS) is 12.6. The molecule has 0 radical (unpaired) electrons. The van der Waals surface area contributed by atoms with Gasteiger partial charge in [-0.05, 0) is 37.9 Å². The second-order valence-corrected chi connectivity index (χ2v) is 4.89. The third-order valence-corrected chi connectivity index (χ3v) is 3.09. The van der Waals surface area contributed by atoms with Crippen molar-refractivity contribution in [3.63, 3.8) is 0 Å². The van der Waals surface area contributed by atoms with E-state index in [1.54, 1.807) is 13.3 Å². The smallest absolute Gasteiger partial charge is 0.128 e. The van der Waals surface area contributed by atoms with E-state index in [1.807, 2.05) is 6.92 Å². The van der Waals surface area contributed by atoms with E-state index in [0.717, 1.165) is 30.5 Å². The maximum absolute atomic E-state index is 6.00. The lowest BCUT2D eigenvalue weighted by molar-refractivity contribution is 0.0658. The Morgan fingerprint density at radius 3 is 2.85 bits per heavy atom. The largest absolute Gasteiger partial charge is 0.383 e. The molecule has 1 rings (SSSR count). The van der Waals surface area contributed by atoms with Gasteiger partial charge in [-0.2, -0.15) is 0 Å². The quantitative estimate of drug-likeness (QED) is 0.643. The van der Waals surface area contributed by atoms with Crippen LogP contribution in [0.15, 0.2) is 12.3 Å². The third-order valence-electron chi connectivity index (χ3n) is 3.09. The molecule has 114 valence electrons. The number of aromatic nitrogens is 1. The van der Waals surface area contributed by atoms with Crippen molar-refractivity contribution < 1.29 is 9.47 Å². The van der Waals surface area contributed by atoms with Crippen molar-refractivity contribution in [1.82, 2.24) is 10.3 Å². The Hall–Kier alpha value is -1.17. The number of nitrogens with one attached hydrogen (secondary N) is 1. The third kappa shape index (κ3) is 5.86. The number of rotatable bonds is 10. The van der Waals surface area contributed by atoms with Crippen molar-refractivity contribution in [2.24, 2.45) is 0 Å². The van der Waals surface area contributed by atoms with Crippen LogP contribution >= 0.6 is 0 Å². The molecule has 5 nitrogen and oxygen atoms in total. The van der Waals surface area contributed by atoms with Crippen LogP contribution in [-0.4, -0.2) is 38.5 Å². The number of hydrogen-bond donors (Lipinski definition) is 2. The fourth-order valence-electron chi connectivity index (χ4n) is 2.01. The van der Waals surface area contributed by atoms with Gasteiger partial charge in [-0.15, -0.1) is 0 Å². The highest BCUT2D eigenvalue weighted by atomic mass is 16.5. The molecule has 0 aliphatic heterocycles. The van der Waals surface area contributed by atoms with Crippen LogP contribution in [0.25, 0.3) is 0 Å². The zero-order chi connectivity index (χ0) is 14.8. The standard InChI is InChI=1S/C15H27N3O2/c1-4-6-17-14(5-7-20-9-8-19-3)13-10-12(2)11-18-15(13)16/h10-11,14,17H,4-9H2,1-3H3,(H2,16,18). The van der Waals surface area contributed by atoms with Crippen molar-refractivity contribution >= 4 is 5.82 Å². The molecule has 5 heteroatoms. The summed E-state index contributed by atoms with van der Waals surface area (Å²) in [4.78, 5) is 4.24. The van der Waals surface area contributed by atoms with E-state index in [9.17, 15) is 0 Å². The van der Waals surface area contributed by atoms with Gasteiger partial charge in [-0.25, -0.2) is 4.98 Å². The fourth-order valence-corrected chi connectivity index (χ4v) is 2.01. The monoisotopic (exact) mass is 281 g/mol. The van der Waals surface area contributed by atoms with Gasteiger partial charge in [0.1, 0.15) is 5.82 Å². The zero-order valence-corrected chi connectivity index (χ0v) is 12.8. The highest BCUT2D eigenvalue weighted by Gasteiger charge is 2.14. The number of nitrogens with zero attached hydrogens (tertiary/aromatic N) is 1. The molecule has 1 aromatic rings. The lowest BCUT2D eigenvalue weighted by atomic mass is 10.0. The number of pyridine rings is 1. The molecule has 0 saturated carbocycles. The van der Waals surface area contributed by atoms with E-state index in [0.29, 0.717) is 25.6 Å². The number of ether oxygens (including phenoxy) is 2. The van der Waals surface area contributed by atoms with Gasteiger partial charge in [0.15, 0.2) is 0 Å². The van der Waals surface area contributed by atoms with Gasteiger partial charge in [-0.1, -0.05) is 6.92 Å². The summed E-state index contributed by atoms with van der Waals surface area (Å²) in [5, 5.41) is 3.51. The van der Waals surface area contributed by atoms with Gasteiger partial charge in [0.25, 0.3) is 0 Å². The molecule has 0 aromatic carbocycles. The summed E-state index contributed by atoms with van der Waals surface area (Å²) in [7, 11) is 1.67. The summed E-state index contributed by atoms with van der Waals surface area (Å²) in [6.07, 6.45) is 3.75. The van der Waals surface area contributed by atoms with Crippen LogP contribution in [0.5, 0.6) is 0 Å². The lowest BCUT2D eigenvalue weighted by Gasteiger charge is -2.20. The molecule has 1 aromatic heterocycles. The van der Waals surface area contributed by atoms with Crippen LogP contribution in [-0.2, 0) is 9.47 Å². The summed E-state index contributed by atoms with van der Waals surface area (Å²) >= 11 is 0. The zero-order valence-electron chi connectivity index (χ0n) is 12.8. The van der Waals surface area contributed by atoms with Crippen LogP contribution in [0.3, 0.4) is 0 Å². The van der Waals surface area contributed by atoms with E-state index in [-0.39, 0.29) is 6.04 Å². The molecule has 1 unspecified atom stereocenters. The van der Waals surface area contributed by atoms with Crippen LogP contribution in [0.1, 0.15) is 36.9 Å². The molecule has 0 aliphatic rings. The van der Waals surface area contributed by atoms with Gasteiger partial charge in [0.05, 0.1) is 13.2 Å². The molecule has 0 amide bonds. The van der Waals surface area contributed by atoms with Crippen molar-refractivity contribution in [1.29, 1.82) is 0 Å². The van der Waals surface area contributed by atoms with Gasteiger partial charge in [0.2, 0.25) is 0 Å². The van der Waals surface area contributed by atoms with E-state index in [2.05, 4.69) is 23.3 Å². The molecule has 1 heterocycles. The molecular formula is C15H27N3O2. The van der Waals surface area contributed by atoms with Gasteiger partial charge >= 0.3 is 0 Å². The van der Waals surface area contributed by atoms with Crippen LogP contribution in [0.4, 0.5) is 5.82 Å². The Balaban J connectivity index is 2.60. The number of methoxy groups -OCH3 is 1. The first kappa shape index (κ1) is 16.9. The minimum Gasteiger partial charge on any atom is -0.383 e. The van der Waals surface area contributed by atoms with Crippen molar-refractivity contribution in [3.05, 3.63) is 23.4 Å².